The second kappa shape index (κ2) is 14.4. The minimum Gasteiger partial charge on any atom is -0.352 e. The first-order valence-electron chi connectivity index (χ1n) is 13.6. The molecule has 1 atom stereocenters. The minimum absolute atomic E-state index is 0.0897. The highest BCUT2D eigenvalue weighted by atomic mass is 35.5. The van der Waals surface area contributed by atoms with Crippen molar-refractivity contribution in [3.8, 4) is 0 Å². The Morgan fingerprint density at radius 1 is 1.03 bits per heavy atom. The number of nitrogens with one attached hydrogen (secondary N) is 1. The van der Waals surface area contributed by atoms with E-state index >= 15 is 0 Å². The molecule has 10 heteroatoms. The van der Waals surface area contributed by atoms with Gasteiger partial charge in [-0.3, -0.25) is 13.9 Å². The van der Waals surface area contributed by atoms with Crippen molar-refractivity contribution in [1.82, 2.24) is 10.2 Å². The van der Waals surface area contributed by atoms with Gasteiger partial charge in [-0.2, -0.15) is 0 Å². The molecule has 0 spiro atoms. The van der Waals surface area contributed by atoms with Gasteiger partial charge < -0.3 is 10.2 Å². The van der Waals surface area contributed by atoms with Crippen LogP contribution in [-0.4, -0.2) is 50.0 Å². The third-order valence-corrected chi connectivity index (χ3v) is 8.86. The minimum atomic E-state index is -3.61. The zero-order valence-corrected chi connectivity index (χ0v) is 25.3. The molecule has 0 aliphatic heterocycles. The van der Waals surface area contributed by atoms with E-state index in [0.29, 0.717) is 22.2 Å². The summed E-state index contributed by atoms with van der Waals surface area (Å²) in [5.74, 6) is -0.342. The van der Waals surface area contributed by atoms with Gasteiger partial charge >= 0.3 is 0 Å². The molecule has 214 valence electrons. The number of rotatable bonds is 12. The number of hydrogen-bond acceptors (Lipinski definition) is 4. The molecule has 39 heavy (non-hydrogen) atoms. The van der Waals surface area contributed by atoms with Crippen molar-refractivity contribution in [2.45, 2.75) is 83.8 Å². The third-order valence-electron chi connectivity index (χ3n) is 7.20. The Morgan fingerprint density at radius 2 is 1.67 bits per heavy atom. The van der Waals surface area contributed by atoms with Crippen LogP contribution in [0.2, 0.25) is 10.0 Å². The monoisotopic (exact) mass is 595 g/mol. The first kappa shape index (κ1) is 31.2. The highest BCUT2D eigenvalue weighted by Crippen LogP contribution is 2.27. The van der Waals surface area contributed by atoms with Crippen LogP contribution in [-0.2, 0) is 26.2 Å². The molecule has 2 amide bonds. The van der Waals surface area contributed by atoms with Gasteiger partial charge in [0.2, 0.25) is 21.8 Å². The van der Waals surface area contributed by atoms with Crippen molar-refractivity contribution in [2.75, 3.05) is 17.1 Å². The fourth-order valence-electron chi connectivity index (χ4n) is 5.08. The number of aryl methyl sites for hydroxylation is 1. The van der Waals surface area contributed by atoms with Crippen LogP contribution in [0.25, 0.3) is 0 Å². The lowest BCUT2D eigenvalue weighted by Crippen LogP contribution is -2.51. The number of benzene rings is 2. The average Bonchev–Trinajstić information content (AvgIpc) is 2.89. The third kappa shape index (κ3) is 9.12. The Balaban J connectivity index is 1.77. The second-order valence-corrected chi connectivity index (χ2v) is 13.1. The van der Waals surface area contributed by atoms with Gasteiger partial charge in [-0.15, -0.1) is 0 Å². The number of hydrogen-bond donors (Lipinski definition) is 1. The van der Waals surface area contributed by atoms with E-state index in [1.54, 1.807) is 35.2 Å². The van der Waals surface area contributed by atoms with E-state index in [-0.39, 0.29) is 43.8 Å². The van der Waals surface area contributed by atoms with Gasteiger partial charge in [0.15, 0.2) is 0 Å². The first-order valence-corrected chi connectivity index (χ1v) is 16.2. The topological polar surface area (TPSA) is 86.8 Å². The number of halogens is 2. The molecule has 0 unspecified atom stereocenters. The summed E-state index contributed by atoms with van der Waals surface area (Å²) in [5.41, 5.74) is 2.13. The summed E-state index contributed by atoms with van der Waals surface area (Å²) in [7, 11) is -3.61. The van der Waals surface area contributed by atoms with Crippen LogP contribution in [0.15, 0.2) is 42.5 Å². The fraction of sp³-hybridized carbons (Fsp3) is 0.517. The van der Waals surface area contributed by atoms with Crippen molar-refractivity contribution < 1.29 is 18.0 Å². The van der Waals surface area contributed by atoms with Gasteiger partial charge in [-0.1, -0.05) is 67.6 Å². The van der Waals surface area contributed by atoms with Crippen molar-refractivity contribution in [3.63, 3.8) is 0 Å². The van der Waals surface area contributed by atoms with E-state index in [9.17, 15) is 18.0 Å². The van der Waals surface area contributed by atoms with Gasteiger partial charge in [0.1, 0.15) is 6.04 Å². The molecule has 3 rings (SSSR count). The smallest absolute Gasteiger partial charge is 0.243 e. The maximum absolute atomic E-state index is 13.6. The Labute approximate surface area is 242 Å². The number of carbonyl (C=O) groups is 2. The van der Waals surface area contributed by atoms with E-state index in [1.807, 2.05) is 26.0 Å². The van der Waals surface area contributed by atoms with Crippen LogP contribution in [0.5, 0.6) is 0 Å². The molecule has 1 N–H and O–H groups in total. The number of carbonyl (C=O) groups excluding carboxylic acids is 2. The standard InChI is InChI=1S/C29H39Cl2N3O4S/c1-4-26(29(36)32-25-9-6-5-7-10-25)33(20-22-13-16-23(30)17-14-22)28(35)11-8-18-34(39(3,37)38)27-19-24(31)15-12-21(27)2/h12-17,19,25-26H,4-11,18,20H2,1-3H3,(H,32,36)/t26-/m0/s1. The number of amides is 2. The summed E-state index contributed by atoms with van der Waals surface area (Å²) in [4.78, 5) is 28.6. The molecule has 2 aromatic rings. The lowest BCUT2D eigenvalue weighted by molar-refractivity contribution is -0.141. The lowest BCUT2D eigenvalue weighted by atomic mass is 9.95. The Hall–Kier alpha value is -2.29. The maximum Gasteiger partial charge on any atom is 0.243 e. The van der Waals surface area contributed by atoms with Crippen molar-refractivity contribution in [3.05, 3.63) is 63.6 Å². The van der Waals surface area contributed by atoms with Gasteiger partial charge in [0.05, 0.1) is 11.9 Å². The van der Waals surface area contributed by atoms with Crippen LogP contribution < -0.4 is 9.62 Å². The largest absolute Gasteiger partial charge is 0.352 e. The molecular formula is C29H39Cl2N3O4S. The highest BCUT2D eigenvalue weighted by molar-refractivity contribution is 7.92. The first-order chi connectivity index (χ1) is 18.5. The molecule has 1 aliphatic carbocycles. The molecule has 1 aliphatic rings. The van der Waals surface area contributed by atoms with Gasteiger partial charge in [0.25, 0.3) is 0 Å². The molecule has 0 aromatic heterocycles. The Kier molecular flexibility index (Phi) is 11.5. The van der Waals surface area contributed by atoms with Crippen molar-refractivity contribution >= 4 is 50.7 Å². The van der Waals surface area contributed by atoms with Gasteiger partial charge in [0, 0.05) is 35.6 Å². The molecule has 1 fully saturated rings. The van der Waals surface area contributed by atoms with E-state index in [1.165, 1.54) is 10.7 Å². The summed E-state index contributed by atoms with van der Waals surface area (Å²) in [5, 5.41) is 4.20. The van der Waals surface area contributed by atoms with Crippen LogP contribution in [0.4, 0.5) is 5.69 Å². The zero-order chi connectivity index (χ0) is 28.6. The van der Waals surface area contributed by atoms with E-state index in [2.05, 4.69) is 5.32 Å². The quantitative estimate of drug-likeness (QED) is 0.321. The van der Waals surface area contributed by atoms with Gasteiger partial charge in [-0.25, -0.2) is 8.42 Å². The Morgan fingerprint density at radius 3 is 2.28 bits per heavy atom. The second-order valence-electron chi connectivity index (χ2n) is 10.3. The van der Waals surface area contributed by atoms with Crippen LogP contribution in [0.1, 0.15) is 69.4 Å². The molecule has 0 radical (unpaired) electrons. The van der Waals surface area contributed by atoms with Crippen LogP contribution in [0, 0.1) is 6.92 Å². The molecule has 1 saturated carbocycles. The van der Waals surface area contributed by atoms with E-state index < -0.39 is 16.1 Å². The number of anilines is 1. The van der Waals surface area contributed by atoms with E-state index in [0.717, 1.165) is 43.1 Å². The molecular weight excluding hydrogens is 557 g/mol. The lowest BCUT2D eigenvalue weighted by Gasteiger charge is -2.33. The summed E-state index contributed by atoms with van der Waals surface area (Å²) in [6, 6.07) is 11.8. The Bertz CT molecular complexity index is 1230. The molecule has 0 bridgehead atoms. The average molecular weight is 597 g/mol. The normalized spacial score (nSPS) is 15.0. The number of nitrogens with zero attached hydrogens (tertiary/aromatic N) is 2. The summed E-state index contributed by atoms with van der Waals surface area (Å²) >= 11 is 12.2. The molecule has 0 heterocycles. The predicted molar refractivity (Wildman–Crippen MR) is 159 cm³/mol. The van der Waals surface area contributed by atoms with Crippen LogP contribution >= 0.6 is 23.2 Å². The summed E-state index contributed by atoms with van der Waals surface area (Å²) < 4.78 is 26.6. The maximum atomic E-state index is 13.6. The highest BCUT2D eigenvalue weighted by Gasteiger charge is 2.30. The molecule has 7 nitrogen and oxygen atoms in total. The van der Waals surface area contributed by atoms with Crippen molar-refractivity contribution in [2.24, 2.45) is 0 Å². The predicted octanol–water partition coefficient (Wildman–Crippen LogP) is 6.10. The van der Waals surface area contributed by atoms with Gasteiger partial charge in [-0.05, 0) is 68.0 Å². The van der Waals surface area contributed by atoms with Crippen LogP contribution in [0.3, 0.4) is 0 Å². The summed E-state index contributed by atoms with van der Waals surface area (Å²) in [6.07, 6.45) is 7.27. The molecule has 0 saturated heterocycles. The number of sulfonamides is 1. The van der Waals surface area contributed by atoms with Crippen molar-refractivity contribution in [1.29, 1.82) is 0 Å². The fourth-order valence-corrected chi connectivity index (χ4v) is 6.39. The molecule has 2 aromatic carbocycles. The zero-order valence-electron chi connectivity index (χ0n) is 23.0. The SMILES string of the molecule is CC[C@@H](C(=O)NC1CCCCC1)N(Cc1ccc(Cl)cc1)C(=O)CCCN(c1cc(Cl)ccc1C)S(C)(=O)=O. The van der Waals surface area contributed by atoms with E-state index in [4.69, 9.17) is 23.2 Å². The summed E-state index contributed by atoms with van der Waals surface area (Å²) in [6.45, 7) is 4.10.